The van der Waals surface area contributed by atoms with Crippen LogP contribution in [0.1, 0.15) is 41.3 Å². The van der Waals surface area contributed by atoms with Gasteiger partial charge in [0.25, 0.3) is 5.91 Å². The second-order valence-corrected chi connectivity index (χ2v) is 8.35. The van der Waals surface area contributed by atoms with Gasteiger partial charge in [-0.15, -0.1) is 11.3 Å². The molecule has 2 heterocycles. The summed E-state index contributed by atoms with van der Waals surface area (Å²) in [5, 5.41) is 3.01. The van der Waals surface area contributed by atoms with E-state index in [1.165, 1.54) is 0 Å². The molecule has 6 heteroatoms. The average molecular weight is 359 g/mol. The van der Waals surface area contributed by atoms with Crippen LogP contribution in [0, 0.1) is 12.3 Å². The number of piperidine rings is 1. The van der Waals surface area contributed by atoms with E-state index in [0.29, 0.717) is 31.0 Å². The van der Waals surface area contributed by atoms with Crippen molar-refractivity contribution in [3.05, 3.63) is 45.9 Å². The molecule has 1 saturated heterocycles. The Kier molecular flexibility index (Phi) is 5.11. The molecule has 1 fully saturated rings. The highest BCUT2D eigenvalue weighted by atomic mass is 32.1. The zero-order chi connectivity index (χ0) is 18.0. The summed E-state index contributed by atoms with van der Waals surface area (Å²) in [5.74, 6) is 0.722. The maximum atomic E-state index is 12.8. The van der Waals surface area contributed by atoms with Crippen molar-refractivity contribution >= 4 is 17.2 Å². The molecule has 1 aliphatic heterocycles. The van der Waals surface area contributed by atoms with Gasteiger partial charge >= 0.3 is 0 Å². The Morgan fingerprint density at radius 3 is 2.96 bits per heavy atom. The molecule has 3 rings (SSSR count). The molecule has 5 nitrogen and oxygen atoms in total. The fraction of sp³-hybridized carbons (Fsp3) is 0.474. The number of thiazole rings is 1. The summed E-state index contributed by atoms with van der Waals surface area (Å²) in [5.41, 5.74) is 7.67. The van der Waals surface area contributed by atoms with Crippen molar-refractivity contribution in [1.82, 2.24) is 9.88 Å². The van der Waals surface area contributed by atoms with Crippen molar-refractivity contribution in [2.45, 2.75) is 39.8 Å². The van der Waals surface area contributed by atoms with Crippen LogP contribution in [-0.2, 0) is 6.61 Å². The van der Waals surface area contributed by atoms with Gasteiger partial charge in [0.15, 0.2) is 0 Å². The van der Waals surface area contributed by atoms with Gasteiger partial charge in [-0.25, -0.2) is 4.98 Å². The predicted molar refractivity (Wildman–Crippen MR) is 99.9 cm³/mol. The van der Waals surface area contributed by atoms with Gasteiger partial charge in [0.05, 0.1) is 10.7 Å². The second-order valence-electron chi connectivity index (χ2n) is 7.28. The third kappa shape index (κ3) is 4.19. The minimum atomic E-state index is -0.0650. The van der Waals surface area contributed by atoms with Crippen LogP contribution in [0.5, 0.6) is 5.75 Å². The molecule has 134 valence electrons. The first-order valence-electron chi connectivity index (χ1n) is 8.54. The number of likely N-dealkylation sites (tertiary alicyclic amines) is 1. The molecule has 1 aliphatic rings. The van der Waals surface area contributed by atoms with Crippen LogP contribution >= 0.6 is 11.3 Å². The molecule has 0 spiro atoms. The Labute approximate surface area is 152 Å². The number of hydrogen-bond acceptors (Lipinski definition) is 5. The molecule has 0 radical (unpaired) electrons. The molecule has 2 aromatic rings. The van der Waals surface area contributed by atoms with Gasteiger partial charge in [0.2, 0.25) is 0 Å². The Morgan fingerprint density at radius 2 is 2.28 bits per heavy atom. The molecule has 0 aliphatic carbocycles. The van der Waals surface area contributed by atoms with Crippen LogP contribution in [0.4, 0.5) is 0 Å². The minimum Gasteiger partial charge on any atom is -0.487 e. The number of nitrogens with two attached hydrogens (primary N) is 1. The summed E-state index contributed by atoms with van der Waals surface area (Å²) in [6.45, 7) is 7.99. The number of aromatic nitrogens is 1. The molecular formula is C19H25N3O2S. The van der Waals surface area contributed by atoms with Crippen LogP contribution in [0.15, 0.2) is 29.6 Å². The number of rotatable bonds is 4. The molecule has 25 heavy (non-hydrogen) atoms. The number of hydrogen-bond donors (Lipinski definition) is 1. The third-order valence-electron chi connectivity index (χ3n) is 4.73. The maximum Gasteiger partial charge on any atom is 0.254 e. The quantitative estimate of drug-likeness (QED) is 0.910. The molecule has 1 aromatic heterocycles. The van der Waals surface area contributed by atoms with E-state index in [2.05, 4.69) is 18.8 Å². The van der Waals surface area contributed by atoms with Gasteiger partial charge in [-0.3, -0.25) is 4.79 Å². The minimum absolute atomic E-state index is 0.0370. The molecule has 0 bridgehead atoms. The SMILES string of the molecule is Cc1nc(COc2cccc(C(=O)N3CCC(N)C(C)(C)C3)c2)cs1. The summed E-state index contributed by atoms with van der Waals surface area (Å²) >= 11 is 1.60. The van der Waals surface area contributed by atoms with Crippen molar-refractivity contribution in [3.8, 4) is 5.75 Å². The molecule has 1 aromatic carbocycles. The second kappa shape index (κ2) is 7.14. The molecule has 0 saturated carbocycles. The molecular weight excluding hydrogens is 334 g/mol. The van der Waals surface area contributed by atoms with Crippen LogP contribution in [0.3, 0.4) is 0 Å². The highest BCUT2D eigenvalue weighted by molar-refractivity contribution is 7.09. The predicted octanol–water partition coefficient (Wildman–Crippen LogP) is 3.23. The Morgan fingerprint density at radius 1 is 1.48 bits per heavy atom. The van der Waals surface area contributed by atoms with Crippen molar-refractivity contribution < 1.29 is 9.53 Å². The average Bonchev–Trinajstić information content (AvgIpc) is 3.00. The van der Waals surface area contributed by atoms with E-state index >= 15 is 0 Å². The first kappa shape index (κ1) is 17.9. The van der Waals surface area contributed by atoms with Gasteiger partial charge < -0.3 is 15.4 Å². The number of aryl methyl sites for hydroxylation is 1. The topological polar surface area (TPSA) is 68.5 Å². The van der Waals surface area contributed by atoms with Crippen molar-refractivity contribution in [3.63, 3.8) is 0 Å². The van der Waals surface area contributed by atoms with E-state index < -0.39 is 0 Å². The van der Waals surface area contributed by atoms with E-state index in [9.17, 15) is 4.79 Å². The highest BCUT2D eigenvalue weighted by Crippen LogP contribution is 2.29. The van der Waals surface area contributed by atoms with Crippen LogP contribution < -0.4 is 10.5 Å². The summed E-state index contributed by atoms with van der Waals surface area (Å²) in [6, 6.07) is 7.50. The van der Waals surface area contributed by atoms with Gasteiger partial charge in [-0.1, -0.05) is 19.9 Å². The number of carbonyl (C=O) groups excluding carboxylic acids is 1. The normalized spacial score (nSPS) is 19.7. The van der Waals surface area contributed by atoms with Crippen molar-refractivity contribution in [2.24, 2.45) is 11.1 Å². The zero-order valence-corrected chi connectivity index (χ0v) is 15.8. The van der Waals surface area contributed by atoms with Crippen molar-refractivity contribution in [2.75, 3.05) is 13.1 Å². The van der Waals surface area contributed by atoms with Crippen LogP contribution in [0.25, 0.3) is 0 Å². The lowest BCUT2D eigenvalue weighted by Crippen LogP contribution is -2.53. The third-order valence-corrected chi connectivity index (χ3v) is 5.56. The lowest BCUT2D eigenvalue weighted by Gasteiger charge is -2.42. The number of benzene rings is 1. The number of ether oxygens (including phenoxy) is 1. The lowest BCUT2D eigenvalue weighted by atomic mass is 9.79. The van der Waals surface area contributed by atoms with Crippen LogP contribution in [0.2, 0.25) is 0 Å². The Hall–Kier alpha value is -1.92. The number of carbonyl (C=O) groups is 1. The smallest absolute Gasteiger partial charge is 0.254 e. The molecule has 1 atom stereocenters. The summed E-state index contributed by atoms with van der Waals surface area (Å²) < 4.78 is 5.79. The highest BCUT2D eigenvalue weighted by Gasteiger charge is 2.35. The van der Waals surface area contributed by atoms with Gasteiger partial charge in [-0.2, -0.15) is 0 Å². The number of nitrogens with zero attached hydrogens (tertiary/aromatic N) is 2. The Bertz CT molecular complexity index is 757. The standard InChI is InChI=1S/C19H25N3O2S/c1-13-21-15(11-25-13)10-24-16-6-4-5-14(9-16)18(23)22-8-7-17(20)19(2,3)12-22/h4-6,9,11,17H,7-8,10,12,20H2,1-3H3. The fourth-order valence-corrected chi connectivity index (χ4v) is 3.68. The maximum absolute atomic E-state index is 12.8. The summed E-state index contributed by atoms with van der Waals surface area (Å²) in [6.07, 6.45) is 0.831. The van der Waals surface area contributed by atoms with Crippen LogP contribution in [-0.4, -0.2) is 34.9 Å². The van der Waals surface area contributed by atoms with Crippen molar-refractivity contribution in [1.29, 1.82) is 0 Å². The molecule has 1 unspecified atom stereocenters. The first-order valence-corrected chi connectivity index (χ1v) is 9.42. The van der Waals surface area contributed by atoms with E-state index in [4.69, 9.17) is 10.5 Å². The summed E-state index contributed by atoms with van der Waals surface area (Å²) in [7, 11) is 0. The van der Waals surface area contributed by atoms with Gasteiger partial charge in [-0.05, 0) is 37.0 Å². The van der Waals surface area contributed by atoms with E-state index in [1.807, 2.05) is 41.5 Å². The fourth-order valence-electron chi connectivity index (χ4n) is 3.08. The van der Waals surface area contributed by atoms with Gasteiger partial charge in [0.1, 0.15) is 12.4 Å². The first-order chi connectivity index (χ1) is 11.8. The number of amides is 1. The largest absolute Gasteiger partial charge is 0.487 e. The molecule has 1 amide bonds. The van der Waals surface area contributed by atoms with E-state index in [1.54, 1.807) is 11.3 Å². The lowest BCUT2D eigenvalue weighted by molar-refractivity contribution is 0.0532. The monoisotopic (exact) mass is 359 g/mol. The van der Waals surface area contributed by atoms with E-state index in [-0.39, 0.29) is 17.4 Å². The molecule has 2 N–H and O–H groups in total. The Balaban J connectivity index is 1.67. The zero-order valence-electron chi connectivity index (χ0n) is 15.0. The van der Waals surface area contributed by atoms with Gasteiger partial charge in [0, 0.05) is 30.1 Å². The summed E-state index contributed by atoms with van der Waals surface area (Å²) in [4.78, 5) is 19.1. The van der Waals surface area contributed by atoms with E-state index in [0.717, 1.165) is 17.1 Å².